The van der Waals surface area contributed by atoms with E-state index in [0.717, 1.165) is 27.5 Å². The van der Waals surface area contributed by atoms with Crippen LogP contribution in [-0.2, 0) is 6.54 Å². The summed E-state index contributed by atoms with van der Waals surface area (Å²) in [6, 6.07) is 15.8. The lowest BCUT2D eigenvalue weighted by atomic mass is 10.2. The van der Waals surface area contributed by atoms with Crippen molar-refractivity contribution in [3.63, 3.8) is 0 Å². The van der Waals surface area contributed by atoms with Crippen LogP contribution in [-0.4, -0.2) is 6.54 Å². The second-order valence-corrected chi connectivity index (χ2v) is 6.17. The standard InChI is InChI=1S/C21H20Cl2N2/c1-3-8-16(20(22)4-2)14-24-18-10-7-11-19(13-18)25-15-17-9-5-6-12-21(17)23/h1,4-13,24-25H,14-15H2,2H3/b16-8-,20-4+. The summed E-state index contributed by atoms with van der Waals surface area (Å²) in [4.78, 5) is 0. The molecule has 0 aliphatic carbocycles. The lowest BCUT2D eigenvalue weighted by molar-refractivity contribution is 1.15. The molecular weight excluding hydrogens is 351 g/mol. The van der Waals surface area contributed by atoms with Crippen molar-refractivity contribution < 1.29 is 0 Å². The Morgan fingerprint density at radius 3 is 2.52 bits per heavy atom. The normalized spacial score (nSPS) is 11.8. The van der Waals surface area contributed by atoms with Crippen LogP contribution in [0.3, 0.4) is 0 Å². The lowest BCUT2D eigenvalue weighted by Crippen LogP contribution is -2.06. The minimum absolute atomic E-state index is 0.557. The predicted octanol–water partition coefficient (Wildman–Crippen LogP) is 6.07. The van der Waals surface area contributed by atoms with Crippen molar-refractivity contribution in [2.75, 3.05) is 17.2 Å². The van der Waals surface area contributed by atoms with Gasteiger partial charge in [0, 0.05) is 34.5 Å². The third kappa shape index (κ3) is 5.90. The fourth-order valence-electron chi connectivity index (χ4n) is 2.27. The molecule has 2 aromatic carbocycles. The first-order valence-electron chi connectivity index (χ1n) is 7.92. The van der Waals surface area contributed by atoms with Crippen molar-refractivity contribution in [2.45, 2.75) is 13.5 Å². The first-order valence-corrected chi connectivity index (χ1v) is 8.68. The van der Waals surface area contributed by atoms with Crippen molar-refractivity contribution in [3.05, 3.63) is 81.9 Å². The summed E-state index contributed by atoms with van der Waals surface area (Å²) < 4.78 is 0. The smallest absolute Gasteiger partial charge is 0.0455 e. The molecule has 0 aliphatic heterocycles. The Morgan fingerprint density at radius 1 is 1.12 bits per heavy atom. The van der Waals surface area contributed by atoms with Gasteiger partial charge < -0.3 is 10.6 Å². The molecule has 0 saturated heterocycles. The molecule has 2 rings (SSSR count). The molecule has 0 unspecified atom stereocenters. The van der Waals surface area contributed by atoms with Crippen LogP contribution < -0.4 is 10.6 Å². The van der Waals surface area contributed by atoms with Gasteiger partial charge in [-0.15, -0.1) is 6.42 Å². The van der Waals surface area contributed by atoms with E-state index in [1.54, 1.807) is 6.08 Å². The quantitative estimate of drug-likeness (QED) is 0.456. The molecule has 25 heavy (non-hydrogen) atoms. The molecule has 2 nitrogen and oxygen atoms in total. The molecular formula is C21H20Cl2N2. The highest BCUT2D eigenvalue weighted by atomic mass is 35.5. The van der Waals surface area contributed by atoms with E-state index in [-0.39, 0.29) is 0 Å². The fraction of sp³-hybridized carbons (Fsp3) is 0.143. The molecule has 2 N–H and O–H groups in total. The Bertz CT molecular complexity index is 817. The molecule has 0 saturated carbocycles. The third-order valence-electron chi connectivity index (χ3n) is 3.60. The van der Waals surface area contributed by atoms with Crippen LogP contribution in [0.5, 0.6) is 0 Å². The van der Waals surface area contributed by atoms with Crippen LogP contribution in [0.25, 0.3) is 0 Å². The van der Waals surface area contributed by atoms with E-state index in [4.69, 9.17) is 29.6 Å². The largest absolute Gasteiger partial charge is 0.381 e. The summed E-state index contributed by atoms with van der Waals surface area (Å²) >= 11 is 12.4. The van der Waals surface area contributed by atoms with Gasteiger partial charge in [0.15, 0.2) is 0 Å². The number of hydrogen-bond acceptors (Lipinski definition) is 2. The number of rotatable bonds is 7. The van der Waals surface area contributed by atoms with Gasteiger partial charge in [0.1, 0.15) is 0 Å². The van der Waals surface area contributed by atoms with Crippen LogP contribution in [0.1, 0.15) is 12.5 Å². The Balaban J connectivity index is 2.00. The topological polar surface area (TPSA) is 24.1 Å². The van der Waals surface area contributed by atoms with Gasteiger partial charge in [-0.05, 0) is 48.4 Å². The van der Waals surface area contributed by atoms with E-state index in [9.17, 15) is 0 Å². The summed E-state index contributed by atoms with van der Waals surface area (Å²) in [6.45, 7) is 3.10. The summed E-state index contributed by atoms with van der Waals surface area (Å²) in [5, 5.41) is 8.13. The maximum atomic E-state index is 6.19. The van der Waals surface area contributed by atoms with E-state index in [1.165, 1.54) is 0 Å². The molecule has 4 heteroatoms. The molecule has 0 fully saturated rings. The second kappa shape index (κ2) is 9.84. The first-order chi connectivity index (χ1) is 12.1. The molecule has 2 aromatic rings. The van der Waals surface area contributed by atoms with Gasteiger partial charge in [-0.2, -0.15) is 0 Å². The maximum absolute atomic E-state index is 6.19. The average Bonchev–Trinajstić information content (AvgIpc) is 2.64. The average molecular weight is 371 g/mol. The van der Waals surface area contributed by atoms with Crippen LogP contribution in [0.2, 0.25) is 5.02 Å². The van der Waals surface area contributed by atoms with Gasteiger partial charge in [0.2, 0.25) is 0 Å². The number of allylic oxidation sites excluding steroid dienone is 2. The van der Waals surface area contributed by atoms with E-state index < -0.39 is 0 Å². The van der Waals surface area contributed by atoms with Gasteiger partial charge in [0.25, 0.3) is 0 Å². The van der Waals surface area contributed by atoms with Gasteiger partial charge in [-0.25, -0.2) is 0 Å². The van der Waals surface area contributed by atoms with E-state index in [1.807, 2.05) is 61.5 Å². The first kappa shape index (κ1) is 19.0. The van der Waals surface area contributed by atoms with Gasteiger partial charge in [-0.3, -0.25) is 0 Å². The zero-order chi connectivity index (χ0) is 18.1. The van der Waals surface area contributed by atoms with Crippen LogP contribution in [0.15, 0.2) is 71.3 Å². The maximum Gasteiger partial charge on any atom is 0.0455 e. The highest BCUT2D eigenvalue weighted by Gasteiger charge is 2.03. The van der Waals surface area contributed by atoms with Crippen molar-refractivity contribution in [2.24, 2.45) is 0 Å². The number of benzene rings is 2. The minimum atomic E-state index is 0.557. The fourth-order valence-corrected chi connectivity index (χ4v) is 2.59. The molecule has 0 radical (unpaired) electrons. The number of anilines is 2. The number of terminal acetylenes is 1. The number of nitrogens with one attached hydrogen (secondary N) is 2. The molecule has 128 valence electrons. The van der Waals surface area contributed by atoms with Crippen molar-refractivity contribution in [3.8, 4) is 12.3 Å². The summed E-state index contributed by atoms with van der Waals surface area (Å²) in [5.74, 6) is 2.52. The zero-order valence-electron chi connectivity index (χ0n) is 14.0. The molecule has 0 atom stereocenters. The molecule has 0 aliphatic rings. The Labute approximate surface area is 159 Å². The van der Waals surface area contributed by atoms with E-state index >= 15 is 0 Å². The predicted molar refractivity (Wildman–Crippen MR) is 110 cm³/mol. The highest BCUT2D eigenvalue weighted by Crippen LogP contribution is 2.20. The molecule has 0 bridgehead atoms. The number of hydrogen-bond donors (Lipinski definition) is 2. The lowest BCUT2D eigenvalue weighted by Gasteiger charge is -2.12. The van der Waals surface area contributed by atoms with Crippen molar-refractivity contribution >= 4 is 34.6 Å². The zero-order valence-corrected chi connectivity index (χ0v) is 15.5. The Kier molecular flexibility index (Phi) is 7.47. The Hall–Kier alpha value is -2.34. The van der Waals surface area contributed by atoms with Crippen LogP contribution in [0.4, 0.5) is 11.4 Å². The molecule has 0 spiro atoms. The molecule has 0 heterocycles. The summed E-state index contributed by atoms with van der Waals surface area (Å²) in [5.41, 5.74) is 3.92. The van der Waals surface area contributed by atoms with Gasteiger partial charge >= 0.3 is 0 Å². The van der Waals surface area contributed by atoms with Gasteiger partial charge in [0.05, 0.1) is 0 Å². The second-order valence-electron chi connectivity index (χ2n) is 5.35. The molecule has 0 amide bonds. The third-order valence-corrected chi connectivity index (χ3v) is 4.43. The van der Waals surface area contributed by atoms with Crippen molar-refractivity contribution in [1.29, 1.82) is 0 Å². The minimum Gasteiger partial charge on any atom is -0.381 e. The van der Waals surface area contributed by atoms with Gasteiger partial charge in [-0.1, -0.05) is 59.5 Å². The Morgan fingerprint density at radius 2 is 1.84 bits per heavy atom. The monoisotopic (exact) mass is 370 g/mol. The summed E-state index contributed by atoms with van der Waals surface area (Å²) in [6.07, 6.45) is 8.86. The van der Waals surface area contributed by atoms with Crippen molar-refractivity contribution in [1.82, 2.24) is 0 Å². The van der Waals surface area contributed by atoms with E-state index in [2.05, 4.69) is 16.6 Å². The summed E-state index contributed by atoms with van der Waals surface area (Å²) in [7, 11) is 0. The number of halogens is 2. The van der Waals surface area contributed by atoms with Crippen LogP contribution >= 0.6 is 23.2 Å². The molecule has 0 aromatic heterocycles. The highest BCUT2D eigenvalue weighted by molar-refractivity contribution is 6.32. The SMILES string of the molecule is C#C/C=C(CNc1cccc(NCc2ccccc2Cl)c1)\C(Cl)=C/C. The van der Waals surface area contributed by atoms with E-state index in [0.29, 0.717) is 18.1 Å². The van der Waals surface area contributed by atoms with Crippen LogP contribution in [0, 0.1) is 12.3 Å².